The van der Waals surface area contributed by atoms with Gasteiger partial charge in [0, 0.05) is 6.92 Å². The normalized spacial score (nSPS) is 3.12. The summed E-state index contributed by atoms with van der Waals surface area (Å²) in [5, 5.41) is 7.42. The fourth-order valence-corrected chi connectivity index (χ4v) is 0. The average molecular weight is 468 g/mol. The van der Waals surface area contributed by atoms with Crippen molar-refractivity contribution in [3.05, 3.63) is 0 Å². The molecule has 0 atom stereocenters. The quantitative estimate of drug-likeness (QED) is 0.431. The van der Waals surface area contributed by atoms with Gasteiger partial charge in [0.2, 0.25) is 0 Å². The molecule has 1 N–H and O–H groups in total. The van der Waals surface area contributed by atoms with Gasteiger partial charge in [0.25, 0.3) is 5.97 Å². The molecule has 6 heteroatoms. The van der Waals surface area contributed by atoms with E-state index < -0.39 is 5.97 Å². The second-order valence-electron chi connectivity index (χ2n) is 0.519. The number of carboxylic acid groups (broad SMARTS) is 1. The van der Waals surface area contributed by atoms with Crippen molar-refractivity contribution in [2.75, 3.05) is 0 Å². The van der Waals surface area contributed by atoms with E-state index in [9.17, 15) is 0 Å². The van der Waals surface area contributed by atoms with Gasteiger partial charge in [-0.3, -0.25) is 4.79 Å². The molecule has 0 radical (unpaired) electrons. The molecule has 0 saturated heterocycles. The van der Waals surface area contributed by atoms with Crippen LogP contribution in [0.3, 0.4) is 0 Å². The fraction of sp³-hybridized carbons (Fsp3) is 0.500. The number of hydrogen-bond donors (Lipinski definition) is 1. The summed E-state index contributed by atoms with van der Waals surface area (Å²) in [6, 6.07) is 0. The minimum absolute atomic E-state index is 0. The van der Waals surface area contributed by atoms with Crippen molar-refractivity contribution in [3.8, 4) is 0 Å². The minimum atomic E-state index is -0.833. The first-order valence-corrected chi connectivity index (χ1v) is 0.928. The molecule has 0 aromatic carbocycles. The van der Waals surface area contributed by atoms with E-state index in [4.69, 9.17) is 9.90 Å². The Morgan fingerprint density at radius 3 is 1.25 bits per heavy atom. The molecule has 8 heavy (non-hydrogen) atoms. The average Bonchev–Trinajstić information content (AvgIpc) is 0.811. The summed E-state index contributed by atoms with van der Waals surface area (Å²) in [6.07, 6.45) is 0. The van der Waals surface area contributed by atoms with Crippen LogP contribution in [0, 0.1) is 0 Å². The molecule has 0 saturated carbocycles. The molecule has 0 aliphatic rings. The zero-order valence-electron chi connectivity index (χ0n) is 3.58. The Hall–Kier alpha value is 2.66. The zero-order chi connectivity index (χ0) is 3.58. The molecule has 0 aliphatic heterocycles. The number of carbonyl (C=O) groups is 1. The zero-order valence-corrected chi connectivity index (χ0v) is 10.6. The molecular formula is C2H8I3NaO2. The second kappa shape index (κ2) is 22.6. The Labute approximate surface area is 122 Å². The van der Waals surface area contributed by atoms with Gasteiger partial charge in [0.1, 0.15) is 0 Å². The number of halogens is 3. The van der Waals surface area contributed by atoms with Gasteiger partial charge in [-0.1, -0.05) is 0 Å². The number of hydrogen-bond acceptors (Lipinski definition) is 1. The maximum absolute atomic E-state index is 9.00. The predicted octanol–water partition coefficient (Wildman–Crippen LogP) is 1.30. The summed E-state index contributed by atoms with van der Waals surface area (Å²) in [4.78, 5) is 9.00. The van der Waals surface area contributed by atoms with Crippen LogP contribution in [0.4, 0.5) is 0 Å². The van der Waals surface area contributed by atoms with E-state index in [1.807, 2.05) is 0 Å². The first-order chi connectivity index (χ1) is 1.73. The molecule has 0 unspecified atom stereocenters. The third kappa shape index (κ3) is 71.8. The van der Waals surface area contributed by atoms with E-state index in [2.05, 4.69) is 0 Å². The van der Waals surface area contributed by atoms with Crippen LogP contribution in [0.5, 0.6) is 0 Å². The Morgan fingerprint density at radius 2 is 1.25 bits per heavy atom. The molecule has 0 heterocycles. The summed E-state index contributed by atoms with van der Waals surface area (Å²) in [5.41, 5.74) is 0. The van der Waals surface area contributed by atoms with Gasteiger partial charge in [0.15, 0.2) is 0 Å². The number of carboxylic acids is 1. The van der Waals surface area contributed by atoms with Gasteiger partial charge >= 0.3 is 29.6 Å². The SMILES string of the molecule is CC(=O)O.I.I.I.[NaH]. The number of aliphatic carboxylic acids is 1. The summed E-state index contributed by atoms with van der Waals surface area (Å²) < 4.78 is 0. The summed E-state index contributed by atoms with van der Waals surface area (Å²) >= 11 is 0. The van der Waals surface area contributed by atoms with Crippen LogP contribution in [0.25, 0.3) is 0 Å². The van der Waals surface area contributed by atoms with Crippen LogP contribution in [-0.4, -0.2) is 40.6 Å². The van der Waals surface area contributed by atoms with Gasteiger partial charge in [-0.15, -0.1) is 71.9 Å². The molecule has 0 spiro atoms. The van der Waals surface area contributed by atoms with E-state index in [0.717, 1.165) is 6.92 Å². The Morgan fingerprint density at radius 1 is 1.25 bits per heavy atom. The Balaban J connectivity index is -0.00000000750. The van der Waals surface area contributed by atoms with Gasteiger partial charge in [0.05, 0.1) is 0 Å². The molecule has 0 aliphatic carbocycles. The van der Waals surface area contributed by atoms with E-state index in [1.54, 1.807) is 0 Å². The predicted molar refractivity (Wildman–Crippen MR) is 66.7 cm³/mol. The molecular weight excluding hydrogens is 460 g/mol. The maximum atomic E-state index is 9.00. The van der Waals surface area contributed by atoms with Crippen LogP contribution in [0.1, 0.15) is 6.92 Å². The molecule has 0 fully saturated rings. The van der Waals surface area contributed by atoms with Crippen molar-refractivity contribution in [2.45, 2.75) is 6.92 Å². The first kappa shape index (κ1) is 31.1. The third-order valence-electron chi connectivity index (χ3n) is 0. The van der Waals surface area contributed by atoms with Crippen LogP contribution < -0.4 is 0 Å². The van der Waals surface area contributed by atoms with E-state index >= 15 is 0 Å². The van der Waals surface area contributed by atoms with Crippen molar-refractivity contribution < 1.29 is 9.90 Å². The van der Waals surface area contributed by atoms with Crippen molar-refractivity contribution in [2.24, 2.45) is 0 Å². The van der Waals surface area contributed by atoms with Crippen LogP contribution in [0.2, 0.25) is 0 Å². The van der Waals surface area contributed by atoms with Crippen LogP contribution in [0.15, 0.2) is 0 Å². The monoisotopic (exact) mass is 468 g/mol. The van der Waals surface area contributed by atoms with E-state index in [-0.39, 0.29) is 101 Å². The van der Waals surface area contributed by atoms with Gasteiger partial charge in [-0.2, -0.15) is 0 Å². The first-order valence-electron chi connectivity index (χ1n) is 0.928. The van der Waals surface area contributed by atoms with Gasteiger partial charge in [-0.25, -0.2) is 0 Å². The van der Waals surface area contributed by atoms with Gasteiger partial charge < -0.3 is 5.11 Å². The molecule has 0 rings (SSSR count). The Bertz CT molecular complexity index is 38.3. The fourth-order valence-electron chi connectivity index (χ4n) is 0. The molecule has 0 bridgehead atoms. The van der Waals surface area contributed by atoms with Crippen molar-refractivity contribution in [1.82, 2.24) is 0 Å². The van der Waals surface area contributed by atoms with Gasteiger partial charge in [-0.05, 0) is 0 Å². The summed E-state index contributed by atoms with van der Waals surface area (Å²) in [6.45, 7) is 1.08. The van der Waals surface area contributed by atoms with Crippen molar-refractivity contribution >= 4 is 107 Å². The molecule has 2 nitrogen and oxygen atoms in total. The molecule has 0 aromatic heterocycles. The van der Waals surface area contributed by atoms with Crippen LogP contribution >= 0.6 is 71.9 Å². The van der Waals surface area contributed by atoms with Crippen LogP contribution in [-0.2, 0) is 4.79 Å². The topological polar surface area (TPSA) is 37.3 Å². The molecule has 0 amide bonds. The Kier molecular flexibility index (Phi) is 87.8. The van der Waals surface area contributed by atoms with Crippen molar-refractivity contribution in [3.63, 3.8) is 0 Å². The van der Waals surface area contributed by atoms with E-state index in [1.165, 1.54) is 0 Å². The molecule has 0 aromatic rings. The summed E-state index contributed by atoms with van der Waals surface area (Å²) in [7, 11) is 0. The molecule has 50 valence electrons. The van der Waals surface area contributed by atoms with E-state index in [0.29, 0.717) is 0 Å². The standard InChI is InChI=1S/C2H4O2.3HI.Na.H/c1-2(3)4;;;;;/h1H3,(H,3,4);3*1H;;. The summed E-state index contributed by atoms with van der Waals surface area (Å²) in [5.74, 6) is -0.833. The number of rotatable bonds is 0. The second-order valence-corrected chi connectivity index (χ2v) is 0.519. The third-order valence-corrected chi connectivity index (χ3v) is 0. The van der Waals surface area contributed by atoms with Crippen molar-refractivity contribution in [1.29, 1.82) is 0 Å².